The van der Waals surface area contributed by atoms with Crippen molar-refractivity contribution in [2.45, 2.75) is 10.9 Å². The Morgan fingerprint density at radius 3 is 2.65 bits per heavy atom. The maximum Gasteiger partial charge on any atom is 0.255 e. The minimum Gasteiger partial charge on any atom is -0.506 e. The molecule has 1 aromatic heterocycles. The number of hydrogen-bond donors (Lipinski definition) is 3. The summed E-state index contributed by atoms with van der Waals surface area (Å²) in [6, 6.07) is 13.9. The molecule has 1 heterocycles. The molecule has 0 bridgehead atoms. The molecule has 0 unspecified atom stereocenters. The first-order valence-corrected chi connectivity index (χ1v) is 7.87. The van der Waals surface area contributed by atoms with Crippen LogP contribution < -0.4 is 5.32 Å². The monoisotopic (exact) mass is 326 g/mol. The maximum atomic E-state index is 12.2. The number of aromatic hydroxyl groups is 1. The number of phenolic OH excluding ortho intramolecular Hbond substituents is 1. The van der Waals surface area contributed by atoms with Gasteiger partial charge in [0, 0.05) is 11.3 Å². The van der Waals surface area contributed by atoms with Gasteiger partial charge in [0.25, 0.3) is 5.91 Å². The smallest absolute Gasteiger partial charge is 0.255 e. The van der Waals surface area contributed by atoms with E-state index in [1.54, 1.807) is 30.3 Å². The SMILES string of the molecule is O=C(Nc1ccccc1O)c1ccc(CSc2ncn[nH]2)cc1. The van der Waals surface area contributed by atoms with Gasteiger partial charge < -0.3 is 10.4 Å². The van der Waals surface area contributed by atoms with Crippen LogP contribution in [0.5, 0.6) is 5.75 Å². The van der Waals surface area contributed by atoms with Crippen molar-refractivity contribution in [2.75, 3.05) is 5.32 Å². The molecule has 0 saturated carbocycles. The van der Waals surface area contributed by atoms with E-state index in [0.29, 0.717) is 11.3 Å². The van der Waals surface area contributed by atoms with Crippen molar-refractivity contribution >= 4 is 23.4 Å². The summed E-state index contributed by atoms with van der Waals surface area (Å²) in [6.07, 6.45) is 1.47. The first-order chi connectivity index (χ1) is 11.2. The third-order valence-corrected chi connectivity index (χ3v) is 4.08. The Morgan fingerprint density at radius 1 is 1.17 bits per heavy atom. The number of thioether (sulfide) groups is 1. The van der Waals surface area contributed by atoms with Gasteiger partial charge in [-0.3, -0.25) is 9.89 Å². The average molecular weight is 326 g/mol. The van der Waals surface area contributed by atoms with E-state index in [9.17, 15) is 9.90 Å². The summed E-state index contributed by atoms with van der Waals surface area (Å²) in [5.74, 6) is 0.512. The molecule has 0 atom stereocenters. The lowest BCUT2D eigenvalue weighted by atomic mass is 10.1. The largest absolute Gasteiger partial charge is 0.506 e. The van der Waals surface area contributed by atoms with E-state index < -0.39 is 0 Å². The molecule has 7 heteroatoms. The summed E-state index contributed by atoms with van der Waals surface area (Å²) in [7, 11) is 0. The summed E-state index contributed by atoms with van der Waals surface area (Å²) in [5, 5.41) is 19.7. The van der Waals surface area contributed by atoms with Gasteiger partial charge in [0.05, 0.1) is 5.69 Å². The van der Waals surface area contributed by atoms with Crippen LogP contribution in [0.4, 0.5) is 5.69 Å². The van der Waals surface area contributed by atoms with Crippen molar-refractivity contribution in [3.05, 3.63) is 66.0 Å². The van der Waals surface area contributed by atoms with Crippen LogP contribution in [0.3, 0.4) is 0 Å². The molecular formula is C16H14N4O2S. The number of nitrogens with one attached hydrogen (secondary N) is 2. The van der Waals surface area contributed by atoms with Gasteiger partial charge in [-0.25, -0.2) is 4.98 Å². The highest BCUT2D eigenvalue weighted by molar-refractivity contribution is 7.98. The Balaban J connectivity index is 1.62. The number of benzene rings is 2. The maximum absolute atomic E-state index is 12.2. The molecule has 3 N–H and O–H groups in total. The molecular weight excluding hydrogens is 312 g/mol. The predicted molar refractivity (Wildman–Crippen MR) is 88.4 cm³/mol. The third kappa shape index (κ3) is 3.89. The third-order valence-electron chi connectivity index (χ3n) is 3.14. The fourth-order valence-electron chi connectivity index (χ4n) is 1.94. The van der Waals surface area contributed by atoms with E-state index in [2.05, 4.69) is 20.5 Å². The van der Waals surface area contributed by atoms with Crippen molar-refractivity contribution in [1.29, 1.82) is 0 Å². The molecule has 0 aliphatic rings. The summed E-state index contributed by atoms with van der Waals surface area (Å²) in [6.45, 7) is 0. The average Bonchev–Trinajstić information content (AvgIpc) is 3.09. The molecule has 116 valence electrons. The highest BCUT2D eigenvalue weighted by Gasteiger charge is 2.08. The molecule has 0 fully saturated rings. The lowest BCUT2D eigenvalue weighted by Crippen LogP contribution is -2.11. The fraction of sp³-hybridized carbons (Fsp3) is 0.0625. The van der Waals surface area contributed by atoms with E-state index in [0.717, 1.165) is 16.5 Å². The topological polar surface area (TPSA) is 90.9 Å². The summed E-state index contributed by atoms with van der Waals surface area (Å²) < 4.78 is 0. The molecule has 0 aliphatic heterocycles. The van der Waals surface area contributed by atoms with Gasteiger partial charge in [-0.05, 0) is 29.8 Å². The molecule has 0 saturated heterocycles. The van der Waals surface area contributed by atoms with E-state index in [1.165, 1.54) is 24.2 Å². The second-order valence-corrected chi connectivity index (χ2v) is 5.71. The van der Waals surface area contributed by atoms with Crippen molar-refractivity contribution in [1.82, 2.24) is 15.2 Å². The van der Waals surface area contributed by atoms with Crippen molar-refractivity contribution in [3.63, 3.8) is 0 Å². The van der Waals surface area contributed by atoms with Gasteiger partial charge in [-0.2, -0.15) is 5.10 Å². The Bertz CT molecular complexity index is 788. The molecule has 0 radical (unpaired) electrons. The van der Waals surface area contributed by atoms with E-state index in [-0.39, 0.29) is 11.7 Å². The number of aromatic amines is 1. The van der Waals surface area contributed by atoms with E-state index in [1.807, 2.05) is 12.1 Å². The van der Waals surface area contributed by atoms with Crippen molar-refractivity contribution in [3.8, 4) is 5.75 Å². The number of anilines is 1. The number of para-hydroxylation sites is 2. The molecule has 3 aromatic rings. The number of aromatic nitrogens is 3. The van der Waals surface area contributed by atoms with Crippen molar-refractivity contribution < 1.29 is 9.90 Å². The standard InChI is InChI=1S/C16H14N4O2S/c21-14-4-2-1-3-13(14)19-15(22)12-7-5-11(6-8-12)9-23-16-17-10-18-20-16/h1-8,10,21H,9H2,(H,19,22)(H,17,18,20). The van der Waals surface area contributed by atoms with Crippen LogP contribution in [0.25, 0.3) is 0 Å². The van der Waals surface area contributed by atoms with Crippen LogP contribution >= 0.6 is 11.8 Å². The normalized spacial score (nSPS) is 10.4. The molecule has 1 amide bonds. The second-order valence-electron chi connectivity index (χ2n) is 4.75. The Hall–Kier alpha value is -2.80. The summed E-state index contributed by atoms with van der Waals surface area (Å²) in [4.78, 5) is 16.2. The second kappa shape index (κ2) is 6.97. The van der Waals surface area contributed by atoms with Crippen LogP contribution in [-0.2, 0) is 5.75 Å². The molecule has 3 rings (SSSR count). The first kappa shape index (κ1) is 15.1. The number of amides is 1. The Kier molecular flexibility index (Phi) is 4.58. The zero-order valence-corrected chi connectivity index (χ0v) is 12.9. The summed E-state index contributed by atoms with van der Waals surface area (Å²) in [5.41, 5.74) is 2.00. The fourth-order valence-corrected chi connectivity index (χ4v) is 2.68. The van der Waals surface area contributed by atoms with Crippen LogP contribution in [0.1, 0.15) is 15.9 Å². The van der Waals surface area contributed by atoms with Gasteiger partial charge in [-0.1, -0.05) is 36.0 Å². The zero-order chi connectivity index (χ0) is 16.1. The van der Waals surface area contributed by atoms with Crippen LogP contribution in [0.2, 0.25) is 0 Å². The quantitative estimate of drug-likeness (QED) is 0.495. The number of nitrogens with zero attached hydrogens (tertiary/aromatic N) is 2. The van der Waals surface area contributed by atoms with E-state index >= 15 is 0 Å². The predicted octanol–water partition coefficient (Wildman–Crippen LogP) is 3.05. The van der Waals surface area contributed by atoms with E-state index in [4.69, 9.17) is 0 Å². The molecule has 2 aromatic carbocycles. The lowest BCUT2D eigenvalue weighted by Gasteiger charge is -2.07. The number of phenols is 1. The Morgan fingerprint density at radius 2 is 1.96 bits per heavy atom. The molecule has 6 nitrogen and oxygen atoms in total. The zero-order valence-electron chi connectivity index (χ0n) is 12.1. The highest BCUT2D eigenvalue weighted by atomic mass is 32.2. The van der Waals surface area contributed by atoms with Gasteiger partial charge in [-0.15, -0.1) is 0 Å². The van der Waals surface area contributed by atoms with Crippen molar-refractivity contribution in [2.24, 2.45) is 0 Å². The van der Waals surface area contributed by atoms with Gasteiger partial charge >= 0.3 is 0 Å². The number of H-pyrrole nitrogens is 1. The van der Waals surface area contributed by atoms with Crippen LogP contribution in [0, 0.1) is 0 Å². The number of hydrogen-bond acceptors (Lipinski definition) is 5. The molecule has 23 heavy (non-hydrogen) atoms. The number of carbonyl (C=O) groups excluding carboxylic acids is 1. The summed E-state index contributed by atoms with van der Waals surface area (Å²) >= 11 is 1.54. The Labute approximate surface area is 137 Å². The van der Waals surface area contributed by atoms with Crippen LogP contribution in [0.15, 0.2) is 60.0 Å². The van der Waals surface area contributed by atoms with Gasteiger partial charge in [0.2, 0.25) is 0 Å². The molecule has 0 spiro atoms. The minimum atomic E-state index is -0.263. The van der Waals surface area contributed by atoms with Gasteiger partial charge in [0.15, 0.2) is 5.16 Å². The lowest BCUT2D eigenvalue weighted by molar-refractivity contribution is 0.102. The molecule has 0 aliphatic carbocycles. The van der Waals surface area contributed by atoms with Gasteiger partial charge in [0.1, 0.15) is 12.1 Å². The first-order valence-electron chi connectivity index (χ1n) is 6.89. The number of rotatable bonds is 5. The highest BCUT2D eigenvalue weighted by Crippen LogP contribution is 2.23. The van der Waals surface area contributed by atoms with Crippen LogP contribution in [-0.4, -0.2) is 26.2 Å². The number of carbonyl (C=O) groups is 1. The minimum absolute atomic E-state index is 0.0425.